The quantitative estimate of drug-likeness (QED) is 0.625. The van der Waals surface area contributed by atoms with Gasteiger partial charge in [0, 0.05) is 29.4 Å². The van der Waals surface area contributed by atoms with Gasteiger partial charge in [-0.15, -0.1) is 0 Å². The average Bonchev–Trinajstić information content (AvgIpc) is 2.63. The number of nitrogens with one attached hydrogen (secondary N) is 3. The molecule has 2 aromatic carbocycles. The van der Waals surface area contributed by atoms with Crippen LogP contribution in [0.5, 0.6) is 0 Å². The number of hydrogen-bond donors (Lipinski definition) is 3. The average molecular weight is 400 g/mol. The van der Waals surface area contributed by atoms with E-state index >= 15 is 0 Å². The van der Waals surface area contributed by atoms with Crippen molar-refractivity contribution in [3.8, 4) is 0 Å². The van der Waals surface area contributed by atoms with Gasteiger partial charge < -0.3 is 16.0 Å². The summed E-state index contributed by atoms with van der Waals surface area (Å²) < 4.78 is 37.9. The van der Waals surface area contributed by atoms with Crippen LogP contribution in [0, 0.1) is 0 Å². The Hall–Kier alpha value is -2.74. The minimum atomic E-state index is -4.44. The first kappa shape index (κ1) is 20.6. The standard InChI is InChI=1S/C18H17ClF3N3O2/c19-14-6-4-12(5-7-14)17(27)24-9-8-23-16(26)11-25-15-3-1-2-13(10-15)18(20,21)22/h1-7,10,25H,8-9,11H2,(H,23,26)(H,24,27). The van der Waals surface area contributed by atoms with Gasteiger partial charge in [-0.3, -0.25) is 9.59 Å². The molecule has 144 valence electrons. The molecular weight excluding hydrogens is 383 g/mol. The van der Waals surface area contributed by atoms with E-state index in [1.807, 2.05) is 0 Å². The minimum Gasteiger partial charge on any atom is -0.376 e. The molecule has 2 aromatic rings. The molecule has 0 fully saturated rings. The third kappa shape index (κ3) is 6.82. The zero-order valence-electron chi connectivity index (χ0n) is 14.1. The van der Waals surface area contributed by atoms with Crippen LogP contribution in [0.25, 0.3) is 0 Å². The maximum atomic E-state index is 12.6. The van der Waals surface area contributed by atoms with Crippen molar-refractivity contribution in [3.63, 3.8) is 0 Å². The maximum Gasteiger partial charge on any atom is 0.416 e. The summed E-state index contributed by atoms with van der Waals surface area (Å²) in [7, 11) is 0. The van der Waals surface area contributed by atoms with Crippen molar-refractivity contribution in [3.05, 3.63) is 64.7 Å². The van der Waals surface area contributed by atoms with Crippen molar-refractivity contribution in [2.75, 3.05) is 25.0 Å². The Labute approximate surface area is 158 Å². The van der Waals surface area contributed by atoms with Gasteiger partial charge >= 0.3 is 6.18 Å². The second-order valence-corrected chi connectivity index (χ2v) is 5.98. The van der Waals surface area contributed by atoms with E-state index in [1.54, 1.807) is 24.3 Å². The Morgan fingerprint density at radius 1 is 0.963 bits per heavy atom. The zero-order chi connectivity index (χ0) is 19.9. The van der Waals surface area contributed by atoms with Crippen LogP contribution in [0.4, 0.5) is 18.9 Å². The Bertz CT molecular complexity index is 795. The van der Waals surface area contributed by atoms with Crippen molar-refractivity contribution in [2.45, 2.75) is 6.18 Å². The molecular formula is C18H17ClF3N3O2. The molecule has 2 rings (SSSR count). The lowest BCUT2D eigenvalue weighted by molar-refractivity contribution is -0.137. The van der Waals surface area contributed by atoms with Crippen LogP contribution >= 0.6 is 11.6 Å². The van der Waals surface area contributed by atoms with Gasteiger partial charge in [0.2, 0.25) is 5.91 Å². The largest absolute Gasteiger partial charge is 0.416 e. The molecule has 0 heterocycles. The summed E-state index contributed by atoms with van der Waals surface area (Å²) in [6, 6.07) is 10.9. The molecule has 0 unspecified atom stereocenters. The highest BCUT2D eigenvalue weighted by molar-refractivity contribution is 6.30. The van der Waals surface area contributed by atoms with Gasteiger partial charge in [-0.05, 0) is 42.5 Å². The van der Waals surface area contributed by atoms with Gasteiger partial charge in [-0.1, -0.05) is 17.7 Å². The molecule has 0 atom stereocenters. The normalized spacial score (nSPS) is 11.0. The highest BCUT2D eigenvalue weighted by Crippen LogP contribution is 2.30. The van der Waals surface area contributed by atoms with Crippen molar-refractivity contribution < 1.29 is 22.8 Å². The molecule has 0 aromatic heterocycles. The lowest BCUT2D eigenvalue weighted by Crippen LogP contribution is -2.37. The molecule has 9 heteroatoms. The monoisotopic (exact) mass is 399 g/mol. The summed E-state index contributed by atoms with van der Waals surface area (Å²) in [5, 5.41) is 8.33. The summed E-state index contributed by atoms with van der Waals surface area (Å²) in [5.74, 6) is -0.712. The van der Waals surface area contributed by atoms with E-state index < -0.39 is 17.6 Å². The highest BCUT2D eigenvalue weighted by atomic mass is 35.5. The van der Waals surface area contributed by atoms with Crippen molar-refractivity contribution in [2.24, 2.45) is 0 Å². The third-order valence-electron chi connectivity index (χ3n) is 3.48. The molecule has 5 nitrogen and oxygen atoms in total. The number of carbonyl (C=O) groups excluding carboxylic acids is 2. The van der Waals surface area contributed by atoms with Crippen molar-refractivity contribution >= 4 is 29.1 Å². The van der Waals surface area contributed by atoms with E-state index in [0.29, 0.717) is 10.6 Å². The number of alkyl halides is 3. The van der Waals surface area contributed by atoms with Crippen LogP contribution < -0.4 is 16.0 Å². The van der Waals surface area contributed by atoms with Crippen LogP contribution in [-0.2, 0) is 11.0 Å². The molecule has 0 aliphatic rings. The fourth-order valence-electron chi connectivity index (χ4n) is 2.13. The predicted octanol–water partition coefficient (Wildman–Crippen LogP) is 3.32. The first-order chi connectivity index (χ1) is 12.8. The van der Waals surface area contributed by atoms with E-state index in [0.717, 1.165) is 12.1 Å². The SMILES string of the molecule is O=C(CNc1cccc(C(F)(F)F)c1)NCCNC(=O)c1ccc(Cl)cc1. The summed E-state index contributed by atoms with van der Waals surface area (Å²) in [4.78, 5) is 23.6. The second-order valence-electron chi connectivity index (χ2n) is 5.54. The molecule has 0 radical (unpaired) electrons. The van der Waals surface area contributed by atoms with Gasteiger partial charge in [-0.2, -0.15) is 13.2 Å². The molecule has 0 saturated carbocycles. The lowest BCUT2D eigenvalue weighted by Gasteiger charge is -2.11. The van der Waals surface area contributed by atoms with Crippen LogP contribution in [0.2, 0.25) is 5.02 Å². The van der Waals surface area contributed by atoms with Gasteiger partial charge in [0.05, 0.1) is 12.1 Å². The second kappa shape index (κ2) is 9.27. The predicted molar refractivity (Wildman–Crippen MR) is 96.7 cm³/mol. The number of amides is 2. The number of halogens is 4. The summed E-state index contributed by atoms with van der Waals surface area (Å²) in [6.45, 7) is 0.200. The number of rotatable bonds is 7. The van der Waals surface area contributed by atoms with E-state index in [1.165, 1.54) is 12.1 Å². The Kier molecular flexibility index (Phi) is 7.06. The number of benzene rings is 2. The van der Waals surface area contributed by atoms with Crippen LogP contribution in [0.3, 0.4) is 0 Å². The summed E-state index contributed by atoms with van der Waals surface area (Å²) >= 11 is 5.74. The smallest absolute Gasteiger partial charge is 0.376 e. The van der Waals surface area contributed by atoms with E-state index in [2.05, 4.69) is 16.0 Å². The van der Waals surface area contributed by atoms with E-state index in [9.17, 15) is 22.8 Å². The van der Waals surface area contributed by atoms with Crippen LogP contribution in [0.1, 0.15) is 15.9 Å². The number of carbonyl (C=O) groups is 2. The molecule has 0 spiro atoms. The molecule has 0 saturated heterocycles. The topological polar surface area (TPSA) is 70.2 Å². The fraction of sp³-hybridized carbons (Fsp3) is 0.222. The summed E-state index contributed by atoms with van der Waals surface area (Å²) in [6.07, 6.45) is -4.44. The molecule has 2 amide bonds. The lowest BCUT2D eigenvalue weighted by atomic mass is 10.2. The third-order valence-corrected chi connectivity index (χ3v) is 3.73. The first-order valence-electron chi connectivity index (χ1n) is 7.97. The van der Waals surface area contributed by atoms with E-state index in [-0.39, 0.29) is 31.2 Å². The van der Waals surface area contributed by atoms with Crippen molar-refractivity contribution in [1.82, 2.24) is 10.6 Å². The molecule has 0 aliphatic carbocycles. The van der Waals surface area contributed by atoms with Gasteiger partial charge in [0.1, 0.15) is 0 Å². The van der Waals surface area contributed by atoms with Gasteiger partial charge in [-0.25, -0.2) is 0 Å². The number of anilines is 1. The zero-order valence-corrected chi connectivity index (χ0v) is 14.8. The minimum absolute atomic E-state index is 0.183. The van der Waals surface area contributed by atoms with Crippen molar-refractivity contribution in [1.29, 1.82) is 0 Å². The van der Waals surface area contributed by atoms with Crippen LogP contribution in [0.15, 0.2) is 48.5 Å². The van der Waals surface area contributed by atoms with Crippen LogP contribution in [-0.4, -0.2) is 31.4 Å². The summed E-state index contributed by atoms with van der Waals surface area (Å²) in [5.41, 5.74) is -0.161. The number of hydrogen-bond acceptors (Lipinski definition) is 3. The Morgan fingerprint density at radius 2 is 1.63 bits per heavy atom. The molecule has 3 N–H and O–H groups in total. The maximum absolute atomic E-state index is 12.6. The van der Waals surface area contributed by atoms with Gasteiger partial charge in [0.25, 0.3) is 5.91 Å². The molecule has 27 heavy (non-hydrogen) atoms. The Balaban J connectivity index is 1.69. The van der Waals surface area contributed by atoms with E-state index in [4.69, 9.17) is 11.6 Å². The molecule has 0 bridgehead atoms. The Morgan fingerprint density at radius 3 is 2.30 bits per heavy atom. The van der Waals surface area contributed by atoms with Gasteiger partial charge in [0.15, 0.2) is 0 Å². The molecule has 0 aliphatic heterocycles. The highest BCUT2D eigenvalue weighted by Gasteiger charge is 2.30. The first-order valence-corrected chi connectivity index (χ1v) is 8.35. The fourth-order valence-corrected chi connectivity index (χ4v) is 2.26.